The number of aromatic hydroxyl groups is 1. The third-order valence-corrected chi connectivity index (χ3v) is 3.50. The molecule has 3 heteroatoms. The predicted octanol–water partition coefficient (Wildman–Crippen LogP) is 2.31. The average molecular weight is 230 g/mol. The summed E-state index contributed by atoms with van der Waals surface area (Å²) in [5.41, 5.74) is 0.561. The molecule has 1 aromatic rings. The van der Waals surface area contributed by atoms with E-state index >= 15 is 0 Å². The normalized spacial score (nSPS) is 19.8. The molecule has 1 fully saturated rings. The first-order chi connectivity index (χ1) is 8.14. The molecule has 0 radical (unpaired) electrons. The Hall–Kier alpha value is -1.53. The summed E-state index contributed by atoms with van der Waals surface area (Å²) in [6.07, 6.45) is 3.02. The number of hydrogen-bond donors (Lipinski definition) is 1. The lowest BCUT2D eigenvalue weighted by Gasteiger charge is -2.32. The molecular weight excluding hydrogens is 212 g/mol. The first-order valence-electron chi connectivity index (χ1n) is 6.08. The number of hydrogen-bond acceptors (Lipinski definition) is 3. The van der Waals surface area contributed by atoms with E-state index in [-0.39, 0.29) is 5.75 Å². The van der Waals surface area contributed by atoms with E-state index < -0.39 is 5.54 Å². The number of likely N-dealkylation sites (tertiary alicyclic amines) is 1. The zero-order valence-electron chi connectivity index (χ0n) is 10.2. The Bertz CT molecular complexity index is 432. The topological polar surface area (TPSA) is 47.3 Å². The minimum Gasteiger partial charge on any atom is -0.508 e. The molecule has 1 aromatic carbocycles. The zero-order valence-corrected chi connectivity index (χ0v) is 10.2. The van der Waals surface area contributed by atoms with Crippen molar-refractivity contribution in [2.75, 3.05) is 13.1 Å². The fourth-order valence-corrected chi connectivity index (χ4v) is 2.50. The summed E-state index contributed by atoms with van der Waals surface area (Å²) < 4.78 is 0. The Kier molecular flexibility index (Phi) is 3.35. The molecule has 0 amide bonds. The van der Waals surface area contributed by atoms with Crippen molar-refractivity contribution in [2.45, 2.75) is 31.7 Å². The highest BCUT2D eigenvalue weighted by atomic mass is 16.3. The van der Waals surface area contributed by atoms with Gasteiger partial charge < -0.3 is 5.11 Å². The lowest BCUT2D eigenvalue weighted by molar-refractivity contribution is 0.191. The predicted molar refractivity (Wildman–Crippen MR) is 66.6 cm³/mol. The zero-order chi connectivity index (χ0) is 12.3. The van der Waals surface area contributed by atoms with Gasteiger partial charge >= 0.3 is 0 Å². The molecule has 1 aliphatic rings. The third kappa shape index (κ3) is 2.59. The SMILES string of the molecule is CC(C#N)(Cc1cccc(O)c1)N1CCCC1. The van der Waals surface area contributed by atoms with Crippen molar-refractivity contribution in [1.82, 2.24) is 4.90 Å². The lowest BCUT2D eigenvalue weighted by Crippen LogP contribution is -2.45. The number of rotatable bonds is 3. The van der Waals surface area contributed by atoms with Crippen LogP contribution in [0.25, 0.3) is 0 Å². The molecule has 0 bridgehead atoms. The summed E-state index contributed by atoms with van der Waals surface area (Å²) >= 11 is 0. The Morgan fingerprint density at radius 1 is 1.41 bits per heavy atom. The van der Waals surface area contributed by atoms with Crippen LogP contribution in [-0.2, 0) is 6.42 Å². The quantitative estimate of drug-likeness (QED) is 0.866. The standard InChI is InChI=1S/C14H18N2O/c1-14(11-15,16-7-2-3-8-16)10-12-5-4-6-13(17)9-12/h4-6,9,17H,2-3,7-8,10H2,1H3. The summed E-state index contributed by atoms with van der Waals surface area (Å²) in [6, 6.07) is 9.62. The van der Waals surface area contributed by atoms with E-state index in [1.54, 1.807) is 12.1 Å². The van der Waals surface area contributed by atoms with Gasteiger partial charge in [0.25, 0.3) is 0 Å². The molecule has 2 rings (SSSR count). The molecule has 0 spiro atoms. The molecule has 1 atom stereocenters. The van der Waals surface area contributed by atoms with E-state index in [1.807, 2.05) is 19.1 Å². The van der Waals surface area contributed by atoms with Crippen LogP contribution >= 0.6 is 0 Å². The van der Waals surface area contributed by atoms with Crippen LogP contribution in [0, 0.1) is 11.3 Å². The van der Waals surface area contributed by atoms with Crippen LogP contribution in [-0.4, -0.2) is 28.6 Å². The summed E-state index contributed by atoms with van der Waals surface area (Å²) in [4.78, 5) is 2.25. The first-order valence-corrected chi connectivity index (χ1v) is 6.08. The van der Waals surface area contributed by atoms with Crippen molar-refractivity contribution in [1.29, 1.82) is 5.26 Å². The molecule has 1 saturated heterocycles. The second-order valence-electron chi connectivity index (χ2n) is 4.93. The molecule has 17 heavy (non-hydrogen) atoms. The smallest absolute Gasteiger partial charge is 0.115 e. The highest BCUT2D eigenvalue weighted by Crippen LogP contribution is 2.25. The number of phenols is 1. The number of nitriles is 1. The van der Waals surface area contributed by atoms with E-state index in [0.717, 1.165) is 18.7 Å². The fraction of sp³-hybridized carbons (Fsp3) is 0.500. The second kappa shape index (κ2) is 4.77. The molecule has 0 aliphatic carbocycles. The summed E-state index contributed by atoms with van der Waals surface area (Å²) in [6.45, 7) is 3.99. The van der Waals surface area contributed by atoms with Crippen LogP contribution in [0.15, 0.2) is 24.3 Å². The van der Waals surface area contributed by atoms with Crippen LogP contribution in [0.4, 0.5) is 0 Å². The van der Waals surface area contributed by atoms with Crippen LogP contribution in [0.1, 0.15) is 25.3 Å². The van der Waals surface area contributed by atoms with Crippen LogP contribution in [0.3, 0.4) is 0 Å². The van der Waals surface area contributed by atoms with Crippen molar-refractivity contribution in [2.24, 2.45) is 0 Å². The molecule has 0 aromatic heterocycles. The van der Waals surface area contributed by atoms with Gasteiger partial charge in [-0.15, -0.1) is 0 Å². The summed E-state index contributed by atoms with van der Waals surface area (Å²) in [5, 5.41) is 18.9. The second-order valence-corrected chi connectivity index (χ2v) is 4.93. The van der Waals surface area contributed by atoms with Gasteiger partial charge in [-0.1, -0.05) is 12.1 Å². The Balaban J connectivity index is 2.17. The van der Waals surface area contributed by atoms with E-state index in [1.165, 1.54) is 12.8 Å². The van der Waals surface area contributed by atoms with Crippen LogP contribution in [0.2, 0.25) is 0 Å². The number of phenolic OH excluding ortho intramolecular Hbond substituents is 1. The molecule has 3 nitrogen and oxygen atoms in total. The van der Waals surface area contributed by atoms with Crippen molar-refractivity contribution in [3.8, 4) is 11.8 Å². The van der Waals surface area contributed by atoms with Gasteiger partial charge in [0, 0.05) is 6.42 Å². The van der Waals surface area contributed by atoms with E-state index in [4.69, 9.17) is 0 Å². The number of nitrogens with zero attached hydrogens (tertiary/aromatic N) is 2. The monoisotopic (exact) mass is 230 g/mol. The van der Waals surface area contributed by atoms with Gasteiger partial charge in [-0.2, -0.15) is 5.26 Å². The van der Waals surface area contributed by atoms with Gasteiger partial charge in [-0.3, -0.25) is 4.90 Å². The van der Waals surface area contributed by atoms with Crippen molar-refractivity contribution >= 4 is 0 Å². The maximum absolute atomic E-state index is 9.45. The molecule has 1 aliphatic heterocycles. The van der Waals surface area contributed by atoms with Gasteiger partial charge in [0.05, 0.1) is 6.07 Å². The first kappa shape index (κ1) is 11.9. The van der Waals surface area contributed by atoms with Gasteiger partial charge in [-0.25, -0.2) is 0 Å². The summed E-state index contributed by atoms with van der Waals surface area (Å²) in [5.74, 6) is 0.268. The fourth-order valence-electron chi connectivity index (χ4n) is 2.50. The molecule has 1 unspecified atom stereocenters. The lowest BCUT2D eigenvalue weighted by atomic mass is 9.92. The Morgan fingerprint density at radius 3 is 2.71 bits per heavy atom. The molecular formula is C14H18N2O. The van der Waals surface area contributed by atoms with Gasteiger partial charge in [0.1, 0.15) is 11.3 Å². The highest BCUT2D eigenvalue weighted by molar-refractivity contribution is 5.30. The average Bonchev–Trinajstić information content (AvgIpc) is 2.83. The van der Waals surface area contributed by atoms with Crippen molar-refractivity contribution < 1.29 is 5.11 Å². The highest BCUT2D eigenvalue weighted by Gasteiger charge is 2.33. The van der Waals surface area contributed by atoms with Crippen LogP contribution < -0.4 is 0 Å². The van der Waals surface area contributed by atoms with Gasteiger partial charge in [-0.05, 0) is 50.6 Å². The maximum Gasteiger partial charge on any atom is 0.115 e. The molecule has 1 heterocycles. The summed E-state index contributed by atoms with van der Waals surface area (Å²) in [7, 11) is 0. The minimum atomic E-state index is -0.454. The van der Waals surface area contributed by atoms with E-state index in [9.17, 15) is 10.4 Å². The molecule has 1 N–H and O–H groups in total. The van der Waals surface area contributed by atoms with Gasteiger partial charge in [0.2, 0.25) is 0 Å². The largest absolute Gasteiger partial charge is 0.508 e. The third-order valence-electron chi connectivity index (χ3n) is 3.50. The van der Waals surface area contributed by atoms with Crippen molar-refractivity contribution in [3.63, 3.8) is 0 Å². The van der Waals surface area contributed by atoms with E-state index in [2.05, 4.69) is 11.0 Å². The molecule has 0 saturated carbocycles. The minimum absolute atomic E-state index is 0.268. The maximum atomic E-state index is 9.45. The molecule has 90 valence electrons. The van der Waals surface area contributed by atoms with Crippen molar-refractivity contribution in [3.05, 3.63) is 29.8 Å². The van der Waals surface area contributed by atoms with Crippen LogP contribution in [0.5, 0.6) is 5.75 Å². The Morgan fingerprint density at radius 2 is 2.12 bits per heavy atom. The number of benzene rings is 1. The Labute approximate surface area is 102 Å². The van der Waals surface area contributed by atoms with E-state index in [0.29, 0.717) is 6.42 Å². The van der Waals surface area contributed by atoms with Gasteiger partial charge in [0.15, 0.2) is 0 Å².